The number of nitrogens with one attached hydrogen (secondary N) is 1. The van der Waals surface area contributed by atoms with Crippen LogP contribution in [0.15, 0.2) is 45.9 Å². The normalized spacial score (nSPS) is 15.3. The molecule has 132 valence electrons. The third-order valence-electron chi connectivity index (χ3n) is 3.85. The zero-order valence-corrected chi connectivity index (χ0v) is 16.2. The Labute approximate surface area is 159 Å². The first-order valence-electron chi connectivity index (χ1n) is 7.60. The second kappa shape index (κ2) is 7.41. The third kappa shape index (κ3) is 4.03. The highest BCUT2D eigenvalue weighted by atomic mass is 79.9. The Balaban J connectivity index is 1.88. The number of carbonyl (C=O) groups is 1. The van der Waals surface area contributed by atoms with Gasteiger partial charge in [0.05, 0.1) is 5.02 Å². The summed E-state index contributed by atoms with van der Waals surface area (Å²) in [4.78, 5) is 16.4. The second-order valence-corrected chi connectivity index (χ2v) is 8.80. The molecule has 2 aromatic rings. The molecule has 0 atom stereocenters. The number of aromatic nitrogens is 1. The van der Waals surface area contributed by atoms with E-state index >= 15 is 0 Å². The van der Waals surface area contributed by atoms with Crippen LogP contribution < -0.4 is 5.32 Å². The van der Waals surface area contributed by atoms with Gasteiger partial charge in [-0.05, 0) is 59.1 Å². The van der Waals surface area contributed by atoms with Gasteiger partial charge in [-0.2, -0.15) is 4.31 Å². The van der Waals surface area contributed by atoms with Crippen LogP contribution in [0, 0.1) is 0 Å². The maximum Gasteiger partial charge on any atom is 0.256 e. The van der Waals surface area contributed by atoms with Crippen LogP contribution in [0.4, 0.5) is 5.82 Å². The molecule has 0 radical (unpaired) electrons. The quantitative estimate of drug-likeness (QED) is 0.782. The summed E-state index contributed by atoms with van der Waals surface area (Å²) in [6.07, 6.45) is 3.21. The molecule has 3 rings (SSSR count). The van der Waals surface area contributed by atoms with Crippen molar-refractivity contribution in [1.82, 2.24) is 9.29 Å². The van der Waals surface area contributed by atoms with Gasteiger partial charge in [-0.25, -0.2) is 13.4 Å². The maximum atomic E-state index is 12.7. The molecular weight excluding hydrogens is 430 g/mol. The Morgan fingerprint density at radius 3 is 2.56 bits per heavy atom. The van der Waals surface area contributed by atoms with Gasteiger partial charge in [0.15, 0.2) is 0 Å². The minimum Gasteiger partial charge on any atom is -0.307 e. The number of nitrogens with zero attached hydrogens (tertiary/aromatic N) is 2. The van der Waals surface area contributed by atoms with Gasteiger partial charge in [0.1, 0.15) is 10.7 Å². The summed E-state index contributed by atoms with van der Waals surface area (Å²) in [5, 5.41) is 2.73. The second-order valence-electron chi connectivity index (χ2n) is 5.57. The lowest BCUT2D eigenvalue weighted by Crippen LogP contribution is -2.28. The fourth-order valence-electron chi connectivity index (χ4n) is 2.55. The Bertz CT molecular complexity index is 897. The highest BCUT2D eigenvalue weighted by Gasteiger charge is 2.29. The topological polar surface area (TPSA) is 79.4 Å². The Kier molecular flexibility index (Phi) is 5.43. The molecule has 1 fully saturated rings. The molecule has 1 aliphatic rings. The molecule has 1 aromatic carbocycles. The monoisotopic (exact) mass is 443 g/mol. The SMILES string of the molecule is O=C(Nc1ccc(Br)cn1)c1ccc(Cl)c(S(=O)(=O)N2CCCC2)c1. The summed E-state index contributed by atoms with van der Waals surface area (Å²) < 4.78 is 27.6. The Morgan fingerprint density at radius 1 is 1.20 bits per heavy atom. The number of halogens is 2. The van der Waals surface area contributed by atoms with Crippen molar-refractivity contribution in [2.75, 3.05) is 18.4 Å². The molecule has 0 spiro atoms. The van der Waals surface area contributed by atoms with E-state index < -0.39 is 15.9 Å². The predicted octanol–water partition coefficient (Wildman–Crippen LogP) is 3.53. The summed E-state index contributed by atoms with van der Waals surface area (Å²) in [6.45, 7) is 0.940. The van der Waals surface area contributed by atoms with Gasteiger partial charge in [-0.3, -0.25) is 4.79 Å². The van der Waals surface area contributed by atoms with Gasteiger partial charge in [0, 0.05) is 29.3 Å². The van der Waals surface area contributed by atoms with Crippen molar-refractivity contribution >= 4 is 49.3 Å². The molecule has 9 heteroatoms. The van der Waals surface area contributed by atoms with E-state index in [-0.39, 0.29) is 15.5 Å². The standard InChI is InChI=1S/C16H15BrClN3O3S/c17-12-4-6-15(19-10-12)20-16(22)11-3-5-13(18)14(9-11)25(23,24)21-7-1-2-8-21/h3-6,9-10H,1-2,7-8H2,(H,19,20,22). The summed E-state index contributed by atoms with van der Waals surface area (Å²) >= 11 is 9.35. The lowest BCUT2D eigenvalue weighted by molar-refractivity contribution is 0.102. The molecule has 25 heavy (non-hydrogen) atoms. The average Bonchev–Trinajstić information content (AvgIpc) is 3.12. The van der Waals surface area contributed by atoms with E-state index in [1.54, 1.807) is 18.3 Å². The van der Waals surface area contributed by atoms with Gasteiger partial charge in [0.25, 0.3) is 5.91 Å². The molecular formula is C16H15BrClN3O3S. The fraction of sp³-hybridized carbons (Fsp3) is 0.250. The minimum atomic E-state index is -3.70. The van der Waals surface area contributed by atoms with Crippen molar-refractivity contribution in [2.45, 2.75) is 17.7 Å². The molecule has 2 heterocycles. The zero-order chi connectivity index (χ0) is 18.0. The summed E-state index contributed by atoms with van der Waals surface area (Å²) in [5.74, 6) is -0.0866. The molecule has 0 bridgehead atoms. The predicted molar refractivity (Wildman–Crippen MR) is 99.3 cm³/mol. The number of sulfonamides is 1. The molecule has 1 aliphatic heterocycles. The first-order valence-corrected chi connectivity index (χ1v) is 10.2. The highest BCUT2D eigenvalue weighted by molar-refractivity contribution is 9.10. The molecule has 1 saturated heterocycles. The average molecular weight is 445 g/mol. The van der Waals surface area contributed by atoms with Crippen molar-refractivity contribution in [3.05, 3.63) is 51.6 Å². The van der Waals surface area contributed by atoms with Gasteiger partial charge >= 0.3 is 0 Å². The van der Waals surface area contributed by atoms with E-state index in [1.807, 2.05) is 0 Å². The Hall–Kier alpha value is -1.48. The van der Waals surface area contributed by atoms with E-state index in [0.717, 1.165) is 17.3 Å². The summed E-state index contributed by atoms with van der Waals surface area (Å²) in [5.41, 5.74) is 0.201. The Morgan fingerprint density at radius 2 is 1.92 bits per heavy atom. The number of carbonyl (C=O) groups excluding carboxylic acids is 1. The van der Waals surface area contributed by atoms with Crippen LogP contribution in [0.25, 0.3) is 0 Å². The van der Waals surface area contributed by atoms with Crippen molar-refractivity contribution in [3.63, 3.8) is 0 Å². The van der Waals surface area contributed by atoms with Crippen molar-refractivity contribution in [3.8, 4) is 0 Å². The first kappa shape index (κ1) is 18.3. The molecule has 1 N–H and O–H groups in total. The number of pyridine rings is 1. The third-order valence-corrected chi connectivity index (χ3v) is 6.69. The molecule has 1 amide bonds. The highest BCUT2D eigenvalue weighted by Crippen LogP contribution is 2.28. The number of rotatable bonds is 4. The van der Waals surface area contributed by atoms with Crippen LogP contribution in [0.5, 0.6) is 0 Å². The molecule has 0 saturated carbocycles. The van der Waals surface area contributed by atoms with E-state index in [0.29, 0.717) is 18.9 Å². The molecule has 1 aromatic heterocycles. The van der Waals surface area contributed by atoms with Gasteiger partial charge < -0.3 is 5.32 Å². The summed E-state index contributed by atoms with van der Waals surface area (Å²) in [6, 6.07) is 7.60. The minimum absolute atomic E-state index is 0.0486. The van der Waals surface area contributed by atoms with Crippen molar-refractivity contribution in [2.24, 2.45) is 0 Å². The molecule has 6 nitrogen and oxygen atoms in total. The fourth-order valence-corrected chi connectivity index (χ4v) is 4.80. The van der Waals surface area contributed by atoms with E-state index in [4.69, 9.17) is 11.6 Å². The van der Waals surface area contributed by atoms with E-state index in [1.165, 1.54) is 22.5 Å². The summed E-state index contributed by atoms with van der Waals surface area (Å²) in [7, 11) is -3.70. The van der Waals surface area contributed by atoms with Gasteiger partial charge in [0.2, 0.25) is 10.0 Å². The van der Waals surface area contributed by atoms with Gasteiger partial charge in [-0.1, -0.05) is 11.6 Å². The number of benzene rings is 1. The maximum absolute atomic E-state index is 12.7. The lowest BCUT2D eigenvalue weighted by atomic mass is 10.2. The van der Waals surface area contributed by atoms with Gasteiger partial charge in [-0.15, -0.1) is 0 Å². The number of hydrogen-bond donors (Lipinski definition) is 1. The largest absolute Gasteiger partial charge is 0.307 e. The van der Waals surface area contributed by atoms with Crippen LogP contribution in [-0.2, 0) is 10.0 Å². The van der Waals surface area contributed by atoms with Crippen LogP contribution >= 0.6 is 27.5 Å². The molecule has 0 unspecified atom stereocenters. The lowest BCUT2D eigenvalue weighted by Gasteiger charge is -2.17. The van der Waals surface area contributed by atoms with Crippen molar-refractivity contribution in [1.29, 1.82) is 0 Å². The van der Waals surface area contributed by atoms with Crippen LogP contribution in [-0.4, -0.2) is 36.7 Å². The number of anilines is 1. The number of hydrogen-bond acceptors (Lipinski definition) is 4. The van der Waals surface area contributed by atoms with E-state index in [9.17, 15) is 13.2 Å². The van der Waals surface area contributed by atoms with Crippen molar-refractivity contribution < 1.29 is 13.2 Å². The van der Waals surface area contributed by atoms with E-state index in [2.05, 4.69) is 26.2 Å². The first-order chi connectivity index (χ1) is 11.9. The zero-order valence-electron chi connectivity index (χ0n) is 13.1. The number of amides is 1. The smallest absolute Gasteiger partial charge is 0.256 e. The van der Waals surface area contributed by atoms with Crippen LogP contribution in [0.2, 0.25) is 5.02 Å². The van der Waals surface area contributed by atoms with Crippen LogP contribution in [0.3, 0.4) is 0 Å². The van der Waals surface area contributed by atoms with Crippen LogP contribution in [0.1, 0.15) is 23.2 Å². The molecule has 0 aliphatic carbocycles.